The largest absolute Gasteiger partial charge is 0.496 e. The van der Waals surface area contributed by atoms with Gasteiger partial charge in [-0.15, -0.1) is 12.4 Å². The van der Waals surface area contributed by atoms with Crippen molar-refractivity contribution in [3.8, 4) is 5.75 Å². The van der Waals surface area contributed by atoms with Gasteiger partial charge in [0.1, 0.15) is 11.6 Å². The number of rotatable bonds is 5. The molecule has 6 heteroatoms. The maximum atomic E-state index is 13.0. The molecule has 0 aromatic heterocycles. The van der Waals surface area contributed by atoms with Crippen LogP contribution in [0.3, 0.4) is 0 Å². The minimum Gasteiger partial charge on any atom is -0.496 e. The molecule has 96 valence electrons. The van der Waals surface area contributed by atoms with E-state index in [9.17, 15) is 9.18 Å². The summed E-state index contributed by atoms with van der Waals surface area (Å²) in [6, 6.07) is 3.82. The SMILES string of the molecule is COc1ccc(F)cc1C(=O)NCCCN.Cl. The summed E-state index contributed by atoms with van der Waals surface area (Å²) in [5.41, 5.74) is 5.49. The molecular formula is C11H16ClFN2O2. The predicted octanol–water partition coefficient (Wildman–Crippen LogP) is 1.33. The third kappa shape index (κ3) is 4.58. The Kier molecular flexibility index (Phi) is 7.25. The van der Waals surface area contributed by atoms with Gasteiger partial charge in [-0.2, -0.15) is 0 Å². The molecule has 3 N–H and O–H groups in total. The smallest absolute Gasteiger partial charge is 0.255 e. The summed E-state index contributed by atoms with van der Waals surface area (Å²) in [5, 5.41) is 2.64. The molecule has 0 unspecified atom stereocenters. The van der Waals surface area contributed by atoms with Crippen LogP contribution in [0.4, 0.5) is 4.39 Å². The van der Waals surface area contributed by atoms with Crippen molar-refractivity contribution in [3.63, 3.8) is 0 Å². The topological polar surface area (TPSA) is 64.3 Å². The molecule has 0 saturated heterocycles. The van der Waals surface area contributed by atoms with Crippen LogP contribution in [-0.2, 0) is 0 Å². The van der Waals surface area contributed by atoms with E-state index in [2.05, 4.69) is 5.32 Å². The number of carbonyl (C=O) groups is 1. The maximum absolute atomic E-state index is 13.0. The Hall–Kier alpha value is -1.33. The van der Waals surface area contributed by atoms with Crippen LogP contribution in [0.2, 0.25) is 0 Å². The molecular weight excluding hydrogens is 247 g/mol. The van der Waals surface area contributed by atoms with Gasteiger partial charge in [-0.3, -0.25) is 4.79 Å². The summed E-state index contributed by atoms with van der Waals surface area (Å²) in [6.45, 7) is 0.968. The first-order chi connectivity index (χ1) is 7.69. The zero-order valence-electron chi connectivity index (χ0n) is 9.53. The molecule has 0 saturated carbocycles. The summed E-state index contributed by atoms with van der Waals surface area (Å²) in [4.78, 5) is 11.7. The summed E-state index contributed by atoms with van der Waals surface area (Å²) in [7, 11) is 1.43. The van der Waals surface area contributed by atoms with Crippen molar-refractivity contribution in [1.29, 1.82) is 0 Å². The quantitative estimate of drug-likeness (QED) is 0.787. The van der Waals surface area contributed by atoms with Gasteiger partial charge in [0, 0.05) is 6.54 Å². The number of carbonyl (C=O) groups excluding carboxylic acids is 1. The van der Waals surface area contributed by atoms with Crippen molar-refractivity contribution in [1.82, 2.24) is 5.32 Å². The Bertz CT molecular complexity index is 374. The third-order valence-corrected chi connectivity index (χ3v) is 2.07. The summed E-state index contributed by atoms with van der Waals surface area (Å²) in [6.07, 6.45) is 0.684. The molecule has 4 nitrogen and oxygen atoms in total. The molecule has 1 aromatic carbocycles. The van der Waals surface area contributed by atoms with Gasteiger partial charge < -0.3 is 15.8 Å². The van der Waals surface area contributed by atoms with Crippen molar-refractivity contribution in [2.75, 3.05) is 20.2 Å². The van der Waals surface area contributed by atoms with Crippen LogP contribution < -0.4 is 15.8 Å². The maximum Gasteiger partial charge on any atom is 0.255 e. The minimum absolute atomic E-state index is 0. The standard InChI is InChI=1S/C11H15FN2O2.ClH/c1-16-10-4-3-8(12)7-9(10)11(15)14-6-2-5-13;/h3-4,7H,2,5-6,13H2,1H3,(H,14,15);1H. The highest BCUT2D eigenvalue weighted by atomic mass is 35.5. The van der Waals surface area contributed by atoms with Crippen LogP contribution in [0.5, 0.6) is 5.75 Å². The van der Waals surface area contributed by atoms with Gasteiger partial charge in [-0.05, 0) is 31.2 Å². The van der Waals surface area contributed by atoms with Gasteiger partial charge in [-0.25, -0.2) is 4.39 Å². The lowest BCUT2D eigenvalue weighted by molar-refractivity contribution is 0.0950. The molecule has 1 amide bonds. The van der Waals surface area contributed by atoms with Crippen molar-refractivity contribution in [2.24, 2.45) is 5.73 Å². The first-order valence-corrected chi connectivity index (χ1v) is 5.01. The van der Waals surface area contributed by atoms with Crippen LogP contribution >= 0.6 is 12.4 Å². The number of hydrogen-bond acceptors (Lipinski definition) is 3. The fourth-order valence-electron chi connectivity index (χ4n) is 1.26. The number of ether oxygens (including phenoxy) is 1. The zero-order valence-corrected chi connectivity index (χ0v) is 10.3. The second-order valence-electron chi connectivity index (χ2n) is 3.24. The molecule has 0 fully saturated rings. The number of amides is 1. The predicted molar refractivity (Wildman–Crippen MR) is 66.2 cm³/mol. The van der Waals surface area contributed by atoms with E-state index >= 15 is 0 Å². The number of halogens is 2. The molecule has 0 bridgehead atoms. The van der Waals surface area contributed by atoms with E-state index in [4.69, 9.17) is 10.5 Å². The number of nitrogens with one attached hydrogen (secondary N) is 1. The highest BCUT2D eigenvalue weighted by molar-refractivity contribution is 5.96. The van der Waals surface area contributed by atoms with Gasteiger partial charge in [0.2, 0.25) is 0 Å². The Morgan fingerprint density at radius 3 is 2.82 bits per heavy atom. The Morgan fingerprint density at radius 2 is 2.24 bits per heavy atom. The Labute approximate surface area is 106 Å². The highest BCUT2D eigenvalue weighted by Crippen LogP contribution is 2.18. The third-order valence-electron chi connectivity index (χ3n) is 2.07. The van der Waals surface area contributed by atoms with Crippen molar-refractivity contribution in [2.45, 2.75) is 6.42 Å². The van der Waals surface area contributed by atoms with Crippen molar-refractivity contribution < 1.29 is 13.9 Å². The van der Waals surface area contributed by atoms with E-state index in [-0.39, 0.29) is 23.9 Å². The van der Waals surface area contributed by atoms with E-state index in [0.717, 1.165) is 6.07 Å². The zero-order chi connectivity index (χ0) is 12.0. The summed E-state index contributed by atoms with van der Waals surface area (Å²) in [5.74, 6) is -0.471. The summed E-state index contributed by atoms with van der Waals surface area (Å²) < 4.78 is 18.0. The molecule has 0 aliphatic carbocycles. The Morgan fingerprint density at radius 1 is 1.53 bits per heavy atom. The van der Waals surface area contributed by atoms with Crippen molar-refractivity contribution in [3.05, 3.63) is 29.6 Å². The minimum atomic E-state index is -0.468. The molecule has 17 heavy (non-hydrogen) atoms. The normalized spacial score (nSPS) is 9.35. The van der Waals surface area contributed by atoms with Gasteiger partial charge in [0.15, 0.2) is 0 Å². The van der Waals surface area contributed by atoms with E-state index in [0.29, 0.717) is 25.3 Å². The molecule has 1 aromatic rings. The number of nitrogens with two attached hydrogens (primary N) is 1. The lowest BCUT2D eigenvalue weighted by Crippen LogP contribution is -2.26. The average molecular weight is 263 g/mol. The van der Waals surface area contributed by atoms with E-state index in [1.54, 1.807) is 0 Å². The molecule has 0 heterocycles. The first-order valence-electron chi connectivity index (χ1n) is 5.01. The van der Waals surface area contributed by atoms with Gasteiger partial charge in [-0.1, -0.05) is 0 Å². The highest BCUT2D eigenvalue weighted by Gasteiger charge is 2.12. The number of hydrogen-bond donors (Lipinski definition) is 2. The number of benzene rings is 1. The van der Waals surface area contributed by atoms with E-state index < -0.39 is 5.82 Å². The fourth-order valence-corrected chi connectivity index (χ4v) is 1.26. The Balaban J connectivity index is 0.00000256. The van der Waals surface area contributed by atoms with E-state index in [1.807, 2.05) is 0 Å². The molecule has 0 aliphatic rings. The average Bonchev–Trinajstić information content (AvgIpc) is 2.29. The van der Waals surface area contributed by atoms with Crippen LogP contribution in [0.25, 0.3) is 0 Å². The van der Waals surface area contributed by atoms with Crippen molar-refractivity contribution >= 4 is 18.3 Å². The van der Waals surface area contributed by atoms with Crippen LogP contribution in [0, 0.1) is 5.82 Å². The lowest BCUT2D eigenvalue weighted by atomic mass is 10.2. The number of methoxy groups -OCH3 is 1. The molecule has 0 spiro atoms. The summed E-state index contributed by atoms with van der Waals surface area (Å²) >= 11 is 0. The van der Waals surface area contributed by atoms with Gasteiger partial charge >= 0.3 is 0 Å². The van der Waals surface area contributed by atoms with Crippen LogP contribution in [-0.4, -0.2) is 26.1 Å². The molecule has 0 radical (unpaired) electrons. The van der Waals surface area contributed by atoms with Gasteiger partial charge in [0.25, 0.3) is 5.91 Å². The van der Waals surface area contributed by atoms with E-state index in [1.165, 1.54) is 19.2 Å². The second-order valence-corrected chi connectivity index (χ2v) is 3.24. The molecule has 1 rings (SSSR count). The fraction of sp³-hybridized carbons (Fsp3) is 0.364. The van der Waals surface area contributed by atoms with Crippen LogP contribution in [0.15, 0.2) is 18.2 Å². The second kappa shape index (κ2) is 7.86. The monoisotopic (exact) mass is 262 g/mol. The lowest BCUT2D eigenvalue weighted by Gasteiger charge is -2.08. The molecule has 0 aliphatic heterocycles. The first kappa shape index (κ1) is 15.7. The van der Waals surface area contributed by atoms with Gasteiger partial charge in [0.05, 0.1) is 12.7 Å². The van der Waals surface area contributed by atoms with Crippen LogP contribution in [0.1, 0.15) is 16.8 Å². The molecule has 0 atom stereocenters.